The molecular weight excluding hydrogens is 517 g/mol. The highest BCUT2D eigenvalue weighted by Crippen LogP contribution is 2.31. The number of halogens is 1. The Hall–Kier alpha value is -4.48. The van der Waals surface area contributed by atoms with E-state index < -0.39 is 17.3 Å². The van der Waals surface area contributed by atoms with Gasteiger partial charge >= 0.3 is 6.09 Å². The predicted molar refractivity (Wildman–Crippen MR) is 148 cm³/mol. The van der Waals surface area contributed by atoms with Gasteiger partial charge in [0.2, 0.25) is 0 Å². The standard InChI is InChI=1S/C28H32FN7O4/c1-17-13-35-15-19(12-22(29)25(35)30-17)31-26(38)20-6-7-23(21-16-36(14-18(2)37)32-24(20)21)33-8-10-34(11-9-33)27(39)40-28(3,4)5/h6-7,12-13,15-16H,8-11,14H2,1-5H3,(H,31,38). The Kier molecular flexibility index (Phi) is 6.94. The maximum absolute atomic E-state index is 14.6. The molecule has 3 aromatic heterocycles. The summed E-state index contributed by atoms with van der Waals surface area (Å²) in [6.45, 7) is 10.9. The molecule has 1 aliphatic heterocycles. The molecular formula is C28H32FN7O4. The second kappa shape index (κ2) is 10.2. The summed E-state index contributed by atoms with van der Waals surface area (Å²) in [7, 11) is 0. The summed E-state index contributed by atoms with van der Waals surface area (Å²) in [4.78, 5) is 45.7. The van der Waals surface area contributed by atoms with Crippen LogP contribution in [-0.4, -0.2) is 73.6 Å². The van der Waals surface area contributed by atoms with Gasteiger partial charge in [-0.15, -0.1) is 0 Å². The van der Waals surface area contributed by atoms with E-state index >= 15 is 0 Å². The molecule has 12 heteroatoms. The van der Waals surface area contributed by atoms with E-state index in [0.717, 1.165) is 5.69 Å². The molecule has 0 aliphatic carbocycles. The van der Waals surface area contributed by atoms with Gasteiger partial charge in [-0.2, -0.15) is 5.10 Å². The van der Waals surface area contributed by atoms with Crippen molar-refractivity contribution in [2.24, 2.45) is 0 Å². The summed E-state index contributed by atoms with van der Waals surface area (Å²) in [6, 6.07) is 4.74. The van der Waals surface area contributed by atoms with Gasteiger partial charge in [0.25, 0.3) is 5.91 Å². The smallest absolute Gasteiger partial charge is 0.410 e. The third kappa shape index (κ3) is 5.61. The van der Waals surface area contributed by atoms with Gasteiger partial charge in [-0.05, 0) is 46.8 Å². The summed E-state index contributed by atoms with van der Waals surface area (Å²) in [5.41, 5.74) is 2.08. The third-order valence-corrected chi connectivity index (χ3v) is 6.49. The Morgan fingerprint density at radius 3 is 2.48 bits per heavy atom. The lowest BCUT2D eigenvalue weighted by atomic mass is 10.1. The molecule has 0 radical (unpaired) electrons. The number of benzene rings is 1. The minimum atomic E-state index is -0.572. The number of aryl methyl sites for hydroxylation is 1. The number of piperazine rings is 1. The number of Topliss-reactive ketones (excluding diaryl/α,β-unsaturated/α-hetero) is 1. The van der Waals surface area contributed by atoms with Crippen LogP contribution in [0.2, 0.25) is 0 Å². The van der Waals surface area contributed by atoms with Crippen LogP contribution < -0.4 is 10.2 Å². The first kappa shape index (κ1) is 27.1. The van der Waals surface area contributed by atoms with Crippen molar-refractivity contribution in [3.05, 3.63) is 53.9 Å². The predicted octanol–water partition coefficient (Wildman–Crippen LogP) is 4.03. The monoisotopic (exact) mass is 549 g/mol. The van der Waals surface area contributed by atoms with Gasteiger partial charge < -0.3 is 24.3 Å². The first-order chi connectivity index (χ1) is 18.9. The molecule has 0 saturated carbocycles. The number of ether oxygens (including phenoxy) is 1. The average Bonchev–Trinajstić information content (AvgIpc) is 3.44. The zero-order valence-corrected chi connectivity index (χ0v) is 23.2. The van der Waals surface area contributed by atoms with E-state index in [4.69, 9.17) is 4.74 Å². The number of nitrogens with zero attached hydrogens (tertiary/aromatic N) is 6. The molecule has 40 heavy (non-hydrogen) atoms. The Bertz CT molecular complexity index is 1630. The highest BCUT2D eigenvalue weighted by molar-refractivity contribution is 6.14. The van der Waals surface area contributed by atoms with E-state index in [1.165, 1.54) is 22.1 Å². The van der Waals surface area contributed by atoms with Gasteiger partial charge in [0.1, 0.15) is 11.1 Å². The van der Waals surface area contributed by atoms with E-state index in [0.29, 0.717) is 42.8 Å². The fourth-order valence-electron chi connectivity index (χ4n) is 4.81. The molecule has 2 amide bonds. The Balaban J connectivity index is 1.42. The number of ketones is 1. The van der Waals surface area contributed by atoms with Crippen molar-refractivity contribution in [2.75, 3.05) is 36.4 Å². The summed E-state index contributed by atoms with van der Waals surface area (Å²) in [5.74, 6) is -1.09. The first-order valence-corrected chi connectivity index (χ1v) is 13.1. The van der Waals surface area contributed by atoms with Crippen LogP contribution in [0.15, 0.2) is 36.8 Å². The summed E-state index contributed by atoms with van der Waals surface area (Å²) in [5, 5.41) is 8.02. The Morgan fingerprint density at radius 1 is 1.07 bits per heavy atom. The molecule has 1 N–H and O–H groups in total. The quantitative estimate of drug-likeness (QED) is 0.400. The largest absolute Gasteiger partial charge is 0.444 e. The highest BCUT2D eigenvalue weighted by Gasteiger charge is 2.28. The minimum absolute atomic E-state index is 0.0590. The molecule has 4 heterocycles. The Labute approximate surface area is 230 Å². The number of pyridine rings is 1. The molecule has 1 aromatic carbocycles. The van der Waals surface area contributed by atoms with Gasteiger partial charge in [-0.1, -0.05) is 0 Å². The van der Waals surface area contributed by atoms with Crippen LogP contribution in [0, 0.1) is 12.7 Å². The fourth-order valence-corrected chi connectivity index (χ4v) is 4.81. The molecule has 5 rings (SSSR count). The summed E-state index contributed by atoms with van der Waals surface area (Å²) >= 11 is 0. The van der Waals surface area contributed by atoms with Crippen molar-refractivity contribution in [1.82, 2.24) is 24.1 Å². The molecule has 1 fully saturated rings. The van der Waals surface area contributed by atoms with E-state index in [9.17, 15) is 18.8 Å². The van der Waals surface area contributed by atoms with Crippen LogP contribution in [-0.2, 0) is 16.1 Å². The van der Waals surface area contributed by atoms with Crippen LogP contribution in [0.3, 0.4) is 0 Å². The van der Waals surface area contributed by atoms with Gasteiger partial charge in [0.05, 0.1) is 23.5 Å². The molecule has 210 valence electrons. The molecule has 0 spiro atoms. The minimum Gasteiger partial charge on any atom is -0.444 e. The van der Waals surface area contributed by atoms with Crippen molar-refractivity contribution >= 4 is 45.7 Å². The number of hydrogen-bond acceptors (Lipinski definition) is 7. The molecule has 1 aliphatic rings. The molecule has 0 unspecified atom stereocenters. The van der Waals surface area contributed by atoms with E-state index in [1.807, 2.05) is 26.8 Å². The molecule has 11 nitrogen and oxygen atoms in total. The number of aromatic nitrogens is 4. The number of carbonyl (C=O) groups is 3. The summed E-state index contributed by atoms with van der Waals surface area (Å²) < 4.78 is 23.1. The van der Waals surface area contributed by atoms with E-state index in [1.54, 1.807) is 36.5 Å². The average molecular weight is 550 g/mol. The number of imidazole rings is 1. The second-order valence-electron chi connectivity index (χ2n) is 11.0. The normalized spacial score (nSPS) is 14.2. The lowest BCUT2D eigenvalue weighted by molar-refractivity contribution is -0.117. The number of hydrogen-bond donors (Lipinski definition) is 1. The topological polar surface area (TPSA) is 114 Å². The van der Waals surface area contributed by atoms with Crippen molar-refractivity contribution in [3.8, 4) is 0 Å². The van der Waals surface area contributed by atoms with Gasteiger partial charge in [0.15, 0.2) is 17.2 Å². The van der Waals surface area contributed by atoms with Crippen LogP contribution in [0.4, 0.5) is 20.6 Å². The van der Waals surface area contributed by atoms with Crippen molar-refractivity contribution in [2.45, 2.75) is 46.8 Å². The second-order valence-corrected chi connectivity index (χ2v) is 11.0. The number of amides is 2. The van der Waals surface area contributed by atoms with E-state index in [-0.39, 0.29) is 35.3 Å². The lowest BCUT2D eigenvalue weighted by Crippen LogP contribution is -2.50. The van der Waals surface area contributed by atoms with Crippen LogP contribution in [0.1, 0.15) is 43.7 Å². The molecule has 0 atom stereocenters. The van der Waals surface area contributed by atoms with E-state index in [2.05, 4.69) is 20.3 Å². The SMILES string of the molecule is CC(=O)Cn1cc2c(N3CCN(C(=O)OC(C)(C)C)CC3)ccc(C(=O)Nc3cc(F)c4nc(C)cn4c3)c2n1. The lowest BCUT2D eigenvalue weighted by Gasteiger charge is -2.37. The number of fused-ring (bicyclic) bond motifs is 2. The zero-order chi connectivity index (χ0) is 28.8. The number of anilines is 2. The zero-order valence-electron chi connectivity index (χ0n) is 23.2. The number of nitrogens with one attached hydrogen (secondary N) is 1. The maximum Gasteiger partial charge on any atom is 0.410 e. The fraction of sp³-hybridized carbons (Fsp3) is 0.393. The first-order valence-electron chi connectivity index (χ1n) is 13.1. The molecule has 1 saturated heterocycles. The third-order valence-electron chi connectivity index (χ3n) is 6.49. The highest BCUT2D eigenvalue weighted by atomic mass is 19.1. The van der Waals surface area contributed by atoms with Crippen LogP contribution in [0.5, 0.6) is 0 Å². The van der Waals surface area contributed by atoms with Crippen molar-refractivity contribution in [3.63, 3.8) is 0 Å². The Morgan fingerprint density at radius 2 is 1.80 bits per heavy atom. The van der Waals surface area contributed by atoms with Gasteiger partial charge in [-0.25, -0.2) is 14.2 Å². The van der Waals surface area contributed by atoms with Crippen LogP contribution >= 0.6 is 0 Å². The van der Waals surface area contributed by atoms with Gasteiger partial charge in [-0.3, -0.25) is 14.3 Å². The number of carbonyl (C=O) groups excluding carboxylic acids is 3. The molecule has 4 aromatic rings. The van der Waals surface area contributed by atoms with Crippen molar-refractivity contribution < 1.29 is 23.5 Å². The number of rotatable bonds is 5. The van der Waals surface area contributed by atoms with Crippen molar-refractivity contribution in [1.29, 1.82) is 0 Å². The summed E-state index contributed by atoms with van der Waals surface area (Å²) in [6.07, 6.45) is 4.68. The maximum atomic E-state index is 14.6. The van der Waals surface area contributed by atoms with Gasteiger partial charge in [0, 0.05) is 61.9 Å². The molecule has 0 bridgehead atoms. The van der Waals surface area contributed by atoms with Crippen LogP contribution in [0.25, 0.3) is 16.6 Å².